The van der Waals surface area contributed by atoms with Gasteiger partial charge in [0.1, 0.15) is 9.33 Å². The van der Waals surface area contributed by atoms with Crippen LogP contribution < -0.4 is 14.8 Å². The van der Waals surface area contributed by atoms with Gasteiger partial charge in [0.2, 0.25) is 17.8 Å². The average molecular weight is 519 g/mol. The second-order valence-corrected chi connectivity index (χ2v) is 11.1. The number of fused-ring (bicyclic) bond motifs is 1. The summed E-state index contributed by atoms with van der Waals surface area (Å²) in [5.74, 6) is 1.73. The van der Waals surface area contributed by atoms with E-state index in [4.69, 9.17) is 21.7 Å². The zero-order valence-corrected chi connectivity index (χ0v) is 21.5. The maximum Gasteiger partial charge on any atom is 0.266 e. The lowest BCUT2D eigenvalue weighted by molar-refractivity contribution is -0.122. The fourth-order valence-corrected chi connectivity index (χ4v) is 5.77. The summed E-state index contributed by atoms with van der Waals surface area (Å²) in [6.45, 7) is 5.00. The molecule has 0 radical (unpaired) electrons. The van der Waals surface area contributed by atoms with E-state index in [1.807, 2.05) is 24.3 Å². The van der Waals surface area contributed by atoms with Gasteiger partial charge in [-0.15, -0.1) is 10.2 Å². The van der Waals surface area contributed by atoms with Crippen molar-refractivity contribution in [3.05, 3.63) is 33.7 Å². The molecule has 2 aromatic rings. The summed E-state index contributed by atoms with van der Waals surface area (Å²) in [6, 6.07) is 5.57. The van der Waals surface area contributed by atoms with Crippen molar-refractivity contribution in [1.29, 1.82) is 0 Å². The molecule has 1 fully saturated rings. The molecule has 1 aromatic carbocycles. The maximum absolute atomic E-state index is 12.8. The first-order chi connectivity index (χ1) is 16.4. The van der Waals surface area contributed by atoms with Crippen molar-refractivity contribution in [1.82, 2.24) is 15.1 Å². The summed E-state index contributed by atoms with van der Waals surface area (Å²) >= 11 is 8.15. The first-order valence-electron chi connectivity index (χ1n) is 11.2. The number of thiocarbonyl (C=S) groups is 1. The molecule has 11 heteroatoms. The molecule has 1 N–H and O–H groups in total. The van der Waals surface area contributed by atoms with Crippen molar-refractivity contribution >= 4 is 62.7 Å². The number of rotatable bonds is 10. The fourth-order valence-electron chi connectivity index (χ4n) is 3.50. The Morgan fingerprint density at radius 3 is 2.88 bits per heavy atom. The molecular formula is C23H26N4O4S3. The van der Waals surface area contributed by atoms with Gasteiger partial charge in [0.05, 0.1) is 4.91 Å². The van der Waals surface area contributed by atoms with E-state index in [9.17, 15) is 9.59 Å². The lowest BCUT2D eigenvalue weighted by Gasteiger charge is -2.14. The molecule has 1 aromatic heterocycles. The molecule has 2 aliphatic rings. The average Bonchev–Trinajstić information content (AvgIpc) is 3.49. The highest BCUT2D eigenvalue weighted by Crippen LogP contribution is 2.36. The molecule has 1 saturated heterocycles. The quantitative estimate of drug-likeness (QED) is 0.271. The number of hydrogen-bond donors (Lipinski definition) is 1. The Labute approximate surface area is 212 Å². The van der Waals surface area contributed by atoms with E-state index in [1.54, 1.807) is 4.90 Å². The lowest BCUT2D eigenvalue weighted by Crippen LogP contribution is -2.29. The second kappa shape index (κ2) is 11.3. The normalized spacial score (nSPS) is 16.2. The highest BCUT2D eigenvalue weighted by atomic mass is 32.2. The van der Waals surface area contributed by atoms with Crippen molar-refractivity contribution in [2.24, 2.45) is 5.92 Å². The molecule has 0 atom stereocenters. The number of carbonyl (C=O) groups is 2. The zero-order valence-electron chi connectivity index (χ0n) is 19.0. The van der Waals surface area contributed by atoms with Gasteiger partial charge in [-0.1, -0.05) is 61.7 Å². The third-order valence-corrected chi connectivity index (χ3v) is 7.39. The summed E-state index contributed by atoms with van der Waals surface area (Å²) in [5.41, 5.74) is 0.863. The van der Waals surface area contributed by atoms with Crippen LogP contribution in [-0.2, 0) is 16.0 Å². The Kier molecular flexibility index (Phi) is 8.17. The minimum absolute atomic E-state index is 0.0653. The predicted octanol–water partition coefficient (Wildman–Crippen LogP) is 4.87. The van der Waals surface area contributed by atoms with Crippen molar-refractivity contribution < 1.29 is 19.1 Å². The summed E-state index contributed by atoms with van der Waals surface area (Å²) in [5, 5.41) is 12.4. The van der Waals surface area contributed by atoms with Crippen molar-refractivity contribution in [2.75, 3.05) is 18.7 Å². The molecular weight excluding hydrogens is 492 g/mol. The molecule has 34 heavy (non-hydrogen) atoms. The fraction of sp³-hybridized carbons (Fsp3) is 0.435. The van der Waals surface area contributed by atoms with Crippen LogP contribution >= 0.6 is 35.3 Å². The summed E-state index contributed by atoms with van der Waals surface area (Å²) in [7, 11) is 0. The van der Waals surface area contributed by atoms with E-state index in [0.29, 0.717) is 44.7 Å². The lowest BCUT2D eigenvalue weighted by atomic mass is 10.1. The number of thioether (sulfide) groups is 1. The number of benzene rings is 1. The molecule has 0 bridgehead atoms. The first kappa shape index (κ1) is 24.6. The Morgan fingerprint density at radius 2 is 2.06 bits per heavy atom. The maximum atomic E-state index is 12.8. The van der Waals surface area contributed by atoms with Gasteiger partial charge in [0.25, 0.3) is 5.91 Å². The molecule has 2 amide bonds. The van der Waals surface area contributed by atoms with Gasteiger partial charge in [-0.25, -0.2) is 0 Å². The van der Waals surface area contributed by atoms with E-state index >= 15 is 0 Å². The Hall–Kier alpha value is -2.50. The Bertz CT molecular complexity index is 1120. The number of hydrogen-bond acceptors (Lipinski definition) is 9. The van der Waals surface area contributed by atoms with Gasteiger partial charge < -0.3 is 14.8 Å². The molecule has 0 unspecified atom stereocenters. The topological polar surface area (TPSA) is 93.7 Å². The van der Waals surface area contributed by atoms with Gasteiger partial charge in [0, 0.05) is 19.4 Å². The molecule has 180 valence electrons. The Balaban J connectivity index is 1.19. The van der Waals surface area contributed by atoms with Crippen LogP contribution in [0.1, 0.15) is 50.1 Å². The van der Waals surface area contributed by atoms with E-state index in [-0.39, 0.29) is 18.6 Å². The van der Waals surface area contributed by atoms with Crippen LogP contribution in [0, 0.1) is 5.92 Å². The number of amides is 2. The molecule has 3 heterocycles. The van der Waals surface area contributed by atoms with Crippen molar-refractivity contribution in [3.8, 4) is 11.5 Å². The minimum Gasteiger partial charge on any atom is -0.454 e. The Morgan fingerprint density at radius 1 is 1.24 bits per heavy atom. The minimum atomic E-state index is -0.0844. The third-order valence-electron chi connectivity index (χ3n) is 5.15. The van der Waals surface area contributed by atoms with Crippen LogP contribution in [0.25, 0.3) is 6.08 Å². The monoisotopic (exact) mass is 518 g/mol. The van der Waals surface area contributed by atoms with Gasteiger partial charge in [-0.05, 0) is 42.5 Å². The molecule has 4 rings (SSSR count). The van der Waals surface area contributed by atoms with Crippen LogP contribution in [-0.4, -0.2) is 44.6 Å². The van der Waals surface area contributed by atoms with Crippen LogP contribution in [0.3, 0.4) is 0 Å². The van der Waals surface area contributed by atoms with Crippen LogP contribution in [0.4, 0.5) is 5.13 Å². The predicted molar refractivity (Wildman–Crippen MR) is 138 cm³/mol. The largest absolute Gasteiger partial charge is 0.454 e. The van der Waals surface area contributed by atoms with E-state index in [2.05, 4.69) is 29.4 Å². The van der Waals surface area contributed by atoms with Gasteiger partial charge >= 0.3 is 0 Å². The van der Waals surface area contributed by atoms with E-state index in [0.717, 1.165) is 36.3 Å². The third kappa shape index (κ3) is 6.34. The van der Waals surface area contributed by atoms with Crippen LogP contribution in [0.5, 0.6) is 11.5 Å². The van der Waals surface area contributed by atoms with Crippen molar-refractivity contribution in [3.63, 3.8) is 0 Å². The highest BCUT2D eigenvalue weighted by Gasteiger charge is 2.31. The first-order valence-corrected chi connectivity index (χ1v) is 13.2. The summed E-state index contributed by atoms with van der Waals surface area (Å²) in [4.78, 5) is 27.2. The van der Waals surface area contributed by atoms with Crippen molar-refractivity contribution in [2.45, 2.75) is 46.0 Å². The SMILES string of the molecule is CC(C)Cc1nnc(NC(=O)CCCCCN2C(=O)C(=Cc3ccc4c(c3)OCO4)SC2=S)s1. The number of aromatic nitrogens is 2. The molecule has 0 spiro atoms. The summed E-state index contributed by atoms with van der Waals surface area (Å²) < 4.78 is 11.3. The van der Waals surface area contributed by atoms with Gasteiger partial charge in [-0.3, -0.25) is 14.5 Å². The summed E-state index contributed by atoms with van der Waals surface area (Å²) in [6.07, 6.45) is 5.41. The molecule has 2 aliphatic heterocycles. The van der Waals surface area contributed by atoms with Gasteiger partial charge in [-0.2, -0.15) is 0 Å². The van der Waals surface area contributed by atoms with E-state index in [1.165, 1.54) is 23.1 Å². The molecule has 0 aliphatic carbocycles. The standard InChI is InChI=1S/C23H26N4O4S3/c1-14(2)10-20-25-26-22(34-20)24-19(28)6-4-3-5-9-27-21(29)18(33-23(27)32)12-15-7-8-16-17(11-15)31-13-30-16/h7-8,11-12,14H,3-6,9-10,13H2,1-2H3,(H,24,26,28). The van der Waals surface area contributed by atoms with Crippen LogP contribution in [0.15, 0.2) is 23.1 Å². The number of nitrogens with one attached hydrogen (secondary N) is 1. The zero-order chi connectivity index (χ0) is 24.1. The van der Waals surface area contributed by atoms with Crippen LogP contribution in [0.2, 0.25) is 0 Å². The number of nitrogens with zero attached hydrogens (tertiary/aromatic N) is 3. The molecule has 8 nitrogen and oxygen atoms in total. The van der Waals surface area contributed by atoms with Gasteiger partial charge in [0.15, 0.2) is 11.5 Å². The van der Waals surface area contributed by atoms with E-state index < -0.39 is 0 Å². The number of unbranched alkanes of at least 4 members (excludes halogenated alkanes) is 2. The second-order valence-electron chi connectivity index (χ2n) is 8.40. The number of anilines is 1. The smallest absolute Gasteiger partial charge is 0.266 e. The number of carbonyl (C=O) groups excluding carboxylic acids is 2. The highest BCUT2D eigenvalue weighted by molar-refractivity contribution is 8.26. The number of ether oxygens (including phenoxy) is 2. The molecule has 0 saturated carbocycles.